The highest BCUT2D eigenvalue weighted by molar-refractivity contribution is 5.73. The van der Waals surface area contributed by atoms with Crippen molar-refractivity contribution in [3.63, 3.8) is 0 Å². The van der Waals surface area contributed by atoms with Crippen LogP contribution < -0.4 is 0 Å². The lowest BCUT2D eigenvalue weighted by atomic mass is 10.2. The Morgan fingerprint density at radius 2 is 2.06 bits per heavy atom. The molecular formula is C11H18N2O4. The van der Waals surface area contributed by atoms with E-state index in [0.717, 1.165) is 0 Å². The summed E-state index contributed by atoms with van der Waals surface area (Å²) >= 11 is 0. The number of hydrogen-bond acceptors (Lipinski definition) is 4. The second kappa shape index (κ2) is 3.78. The first-order chi connectivity index (χ1) is 7.78. The maximum atomic E-state index is 11.8. The minimum absolute atomic E-state index is 0.0463. The number of nitrogens with zero attached hydrogens (tertiary/aromatic N) is 2. The molecule has 0 N–H and O–H groups in total. The van der Waals surface area contributed by atoms with Crippen molar-refractivity contribution in [1.82, 2.24) is 9.80 Å². The van der Waals surface area contributed by atoms with Crippen LogP contribution >= 0.6 is 0 Å². The number of carbonyl (C=O) groups is 2. The molecule has 2 amide bonds. The molecular weight excluding hydrogens is 224 g/mol. The smallest absolute Gasteiger partial charge is 0.410 e. The van der Waals surface area contributed by atoms with E-state index < -0.39 is 5.60 Å². The number of likely N-dealkylation sites (N-methyl/N-ethyl adjacent to an activating group) is 1. The number of rotatable bonds is 0. The van der Waals surface area contributed by atoms with Gasteiger partial charge in [-0.2, -0.15) is 0 Å². The molecule has 0 unspecified atom stereocenters. The summed E-state index contributed by atoms with van der Waals surface area (Å²) in [7, 11) is 1.69. The van der Waals surface area contributed by atoms with E-state index in [4.69, 9.17) is 9.47 Å². The molecule has 0 aliphatic carbocycles. The number of amides is 2. The van der Waals surface area contributed by atoms with E-state index in [1.807, 2.05) is 20.8 Å². The van der Waals surface area contributed by atoms with Crippen LogP contribution in [0.15, 0.2) is 0 Å². The van der Waals surface area contributed by atoms with Gasteiger partial charge in [-0.1, -0.05) is 0 Å². The van der Waals surface area contributed by atoms with E-state index in [0.29, 0.717) is 13.1 Å². The fraction of sp³-hybridized carbons (Fsp3) is 0.818. The quantitative estimate of drug-likeness (QED) is 0.637. The standard InChI is InChI=1S/C11H18N2O4/c1-11(2,3)17-10(15)13-5-7-8(6-13)16-9(14)12(7)4/h7-8H,5-6H2,1-4H3/t7-,8-/m1/s1. The molecule has 2 rings (SSSR count). The molecule has 0 aromatic carbocycles. The van der Waals surface area contributed by atoms with Crippen molar-refractivity contribution in [2.75, 3.05) is 20.1 Å². The fourth-order valence-corrected chi connectivity index (χ4v) is 2.07. The largest absolute Gasteiger partial charge is 0.444 e. The fourth-order valence-electron chi connectivity index (χ4n) is 2.07. The third-order valence-corrected chi connectivity index (χ3v) is 2.93. The Balaban J connectivity index is 1.96. The summed E-state index contributed by atoms with van der Waals surface area (Å²) in [5, 5.41) is 0. The second-order valence-electron chi connectivity index (χ2n) is 5.49. The molecule has 2 aliphatic rings. The molecule has 2 heterocycles. The van der Waals surface area contributed by atoms with Gasteiger partial charge in [0, 0.05) is 13.6 Å². The minimum Gasteiger partial charge on any atom is -0.444 e. The SMILES string of the molecule is CN1C(=O)O[C@@H]2CN(C(=O)OC(C)(C)C)C[C@H]21. The molecule has 0 aromatic heterocycles. The zero-order valence-electron chi connectivity index (χ0n) is 10.6. The minimum atomic E-state index is -0.503. The molecule has 2 aliphatic heterocycles. The van der Waals surface area contributed by atoms with Gasteiger partial charge in [0.25, 0.3) is 0 Å². The van der Waals surface area contributed by atoms with Crippen LogP contribution in [0.2, 0.25) is 0 Å². The summed E-state index contributed by atoms with van der Waals surface area (Å²) in [4.78, 5) is 26.2. The number of hydrogen-bond donors (Lipinski definition) is 0. The van der Waals surface area contributed by atoms with Crippen molar-refractivity contribution in [2.45, 2.75) is 38.5 Å². The van der Waals surface area contributed by atoms with E-state index >= 15 is 0 Å². The highest BCUT2D eigenvalue weighted by Gasteiger charge is 2.47. The number of ether oxygens (including phenoxy) is 2. The lowest BCUT2D eigenvalue weighted by Crippen LogP contribution is -2.39. The number of likely N-dealkylation sites (tertiary alicyclic amines) is 1. The van der Waals surface area contributed by atoms with E-state index in [-0.39, 0.29) is 24.3 Å². The summed E-state index contributed by atoms with van der Waals surface area (Å²) in [5.41, 5.74) is -0.503. The molecule has 0 bridgehead atoms. The van der Waals surface area contributed by atoms with Crippen LogP contribution in [0.3, 0.4) is 0 Å². The van der Waals surface area contributed by atoms with Crippen LogP contribution in [-0.4, -0.2) is 59.9 Å². The molecule has 0 spiro atoms. The summed E-state index contributed by atoms with van der Waals surface area (Å²) in [6.45, 7) is 6.37. The zero-order chi connectivity index (χ0) is 12.8. The Labute approximate surface area is 100 Å². The molecule has 17 heavy (non-hydrogen) atoms. The molecule has 0 saturated carbocycles. The van der Waals surface area contributed by atoms with E-state index in [2.05, 4.69) is 0 Å². The van der Waals surface area contributed by atoms with Gasteiger partial charge in [0.1, 0.15) is 11.7 Å². The predicted molar refractivity (Wildman–Crippen MR) is 59.6 cm³/mol. The van der Waals surface area contributed by atoms with Gasteiger partial charge in [0.15, 0.2) is 0 Å². The zero-order valence-corrected chi connectivity index (χ0v) is 10.6. The summed E-state index contributed by atoms with van der Waals surface area (Å²) in [6.07, 6.45) is -0.889. The molecule has 96 valence electrons. The van der Waals surface area contributed by atoms with Crippen molar-refractivity contribution in [3.05, 3.63) is 0 Å². The molecule has 0 radical (unpaired) electrons. The summed E-state index contributed by atoms with van der Waals surface area (Å²) in [5.74, 6) is 0. The molecule has 2 atom stereocenters. The van der Waals surface area contributed by atoms with Crippen molar-refractivity contribution >= 4 is 12.2 Å². The van der Waals surface area contributed by atoms with Crippen molar-refractivity contribution in [1.29, 1.82) is 0 Å². The Hall–Kier alpha value is -1.46. The van der Waals surface area contributed by atoms with Crippen molar-refractivity contribution in [3.8, 4) is 0 Å². The first-order valence-corrected chi connectivity index (χ1v) is 5.69. The van der Waals surface area contributed by atoms with E-state index in [1.165, 1.54) is 4.90 Å². The van der Waals surface area contributed by atoms with Crippen molar-refractivity contribution < 1.29 is 19.1 Å². The summed E-state index contributed by atoms with van der Waals surface area (Å²) in [6, 6.07) is -0.0463. The second-order valence-corrected chi connectivity index (χ2v) is 5.49. The van der Waals surface area contributed by atoms with Gasteiger partial charge in [-0.05, 0) is 20.8 Å². The molecule has 2 fully saturated rings. The van der Waals surface area contributed by atoms with Crippen LogP contribution in [0.25, 0.3) is 0 Å². The Bertz CT molecular complexity index is 350. The Kier molecular flexibility index (Phi) is 2.67. The van der Waals surface area contributed by atoms with E-state index in [9.17, 15) is 9.59 Å². The van der Waals surface area contributed by atoms with Gasteiger partial charge >= 0.3 is 12.2 Å². The normalized spacial score (nSPS) is 28.1. The van der Waals surface area contributed by atoms with Gasteiger partial charge in [-0.25, -0.2) is 9.59 Å². The summed E-state index contributed by atoms with van der Waals surface area (Å²) < 4.78 is 10.4. The lowest BCUT2D eigenvalue weighted by molar-refractivity contribution is 0.0249. The lowest BCUT2D eigenvalue weighted by Gasteiger charge is -2.25. The van der Waals surface area contributed by atoms with Crippen LogP contribution in [0.5, 0.6) is 0 Å². The highest BCUT2D eigenvalue weighted by atomic mass is 16.6. The van der Waals surface area contributed by atoms with Gasteiger partial charge in [0.2, 0.25) is 0 Å². The maximum Gasteiger partial charge on any atom is 0.410 e. The van der Waals surface area contributed by atoms with Crippen LogP contribution in [0, 0.1) is 0 Å². The Morgan fingerprint density at radius 1 is 1.41 bits per heavy atom. The number of carbonyl (C=O) groups excluding carboxylic acids is 2. The topological polar surface area (TPSA) is 59.1 Å². The third-order valence-electron chi connectivity index (χ3n) is 2.93. The van der Waals surface area contributed by atoms with Crippen LogP contribution in [0.4, 0.5) is 9.59 Å². The highest BCUT2D eigenvalue weighted by Crippen LogP contribution is 2.26. The molecule has 2 saturated heterocycles. The predicted octanol–water partition coefficient (Wildman–Crippen LogP) is 1.06. The first kappa shape index (κ1) is 12.0. The molecule has 6 heteroatoms. The van der Waals surface area contributed by atoms with Crippen LogP contribution in [0.1, 0.15) is 20.8 Å². The molecule has 0 aromatic rings. The first-order valence-electron chi connectivity index (χ1n) is 5.69. The third kappa shape index (κ3) is 2.30. The van der Waals surface area contributed by atoms with E-state index in [1.54, 1.807) is 11.9 Å². The average molecular weight is 242 g/mol. The van der Waals surface area contributed by atoms with Gasteiger partial charge < -0.3 is 19.3 Å². The van der Waals surface area contributed by atoms with Crippen molar-refractivity contribution in [2.24, 2.45) is 0 Å². The maximum absolute atomic E-state index is 11.8. The Morgan fingerprint density at radius 3 is 2.59 bits per heavy atom. The van der Waals surface area contributed by atoms with Crippen LogP contribution in [-0.2, 0) is 9.47 Å². The van der Waals surface area contributed by atoms with Gasteiger partial charge in [-0.15, -0.1) is 0 Å². The van der Waals surface area contributed by atoms with Gasteiger partial charge in [-0.3, -0.25) is 0 Å². The monoisotopic (exact) mass is 242 g/mol. The number of fused-ring (bicyclic) bond motifs is 1. The average Bonchev–Trinajstić information content (AvgIpc) is 2.66. The molecule has 6 nitrogen and oxygen atoms in total. The van der Waals surface area contributed by atoms with Gasteiger partial charge in [0.05, 0.1) is 12.6 Å².